The van der Waals surface area contributed by atoms with Crippen molar-refractivity contribution in [1.82, 2.24) is 24.8 Å². The molecule has 7 rings (SSSR count). The first-order chi connectivity index (χ1) is 23.6. The average molecular weight is 682 g/mol. The van der Waals surface area contributed by atoms with E-state index in [-0.39, 0.29) is 47.4 Å². The monoisotopic (exact) mass is 681 g/mol. The number of carbonyl (C=O) groups excluding carboxylic acids is 1. The summed E-state index contributed by atoms with van der Waals surface area (Å²) in [6, 6.07) is 13.9. The van der Waals surface area contributed by atoms with Crippen LogP contribution >= 0.6 is 0 Å². The molecular formula is C37H43N7O4S. The van der Waals surface area contributed by atoms with E-state index in [1.165, 1.54) is 12.1 Å². The SMILES string of the molecule is Cc1cccc(C)c1-c1cc2nc(n1)NS(=O)(=O)c1cccc(c1)C(=O)N(Cc1cncc(N3CCC[C@H]3C(C)C)n1)[C@H](CC1CC1)CO2. The molecule has 0 spiro atoms. The Morgan fingerprint density at radius 2 is 1.76 bits per heavy atom. The van der Waals surface area contributed by atoms with Crippen molar-refractivity contribution in [2.24, 2.45) is 11.8 Å². The van der Waals surface area contributed by atoms with E-state index in [0.29, 0.717) is 29.3 Å². The van der Waals surface area contributed by atoms with Gasteiger partial charge in [-0.1, -0.05) is 51.0 Å². The number of hydrogen-bond acceptors (Lipinski definition) is 9. The van der Waals surface area contributed by atoms with Crippen LogP contribution in [0.1, 0.15) is 73.1 Å². The molecule has 4 heterocycles. The third-order valence-electron chi connectivity index (χ3n) is 9.85. The van der Waals surface area contributed by atoms with Gasteiger partial charge in [0, 0.05) is 29.8 Å². The third-order valence-corrected chi connectivity index (χ3v) is 11.2. The standard InChI is InChI=1S/C37H43N7O4S/c1-23(2)32-12-7-15-43(32)33-20-38-19-28(39-33)21-44-29(16-26-13-14-26)22-48-34-18-31(35-24(3)8-5-9-25(35)4)40-37(41-34)42-49(46,47)30-11-6-10-27(17-30)36(44)45/h5-6,8-11,17-20,23,26,29,32H,7,12-16,21-22H2,1-4H3,(H,40,41,42)/t29-,32+/m1/s1. The minimum absolute atomic E-state index is 0.0598. The molecule has 4 aromatic rings. The summed E-state index contributed by atoms with van der Waals surface area (Å²) in [7, 11) is -4.16. The summed E-state index contributed by atoms with van der Waals surface area (Å²) < 4.78 is 36.4. The molecule has 0 unspecified atom stereocenters. The fourth-order valence-corrected chi connectivity index (χ4v) is 8.15. The summed E-state index contributed by atoms with van der Waals surface area (Å²) in [5.74, 6) is 1.58. The van der Waals surface area contributed by atoms with Crippen LogP contribution in [0.15, 0.2) is 65.8 Å². The number of aryl methyl sites for hydroxylation is 2. The van der Waals surface area contributed by atoms with Crippen LogP contribution in [-0.4, -0.2) is 64.4 Å². The number of rotatable bonds is 7. The maximum absolute atomic E-state index is 14.5. The van der Waals surface area contributed by atoms with E-state index in [4.69, 9.17) is 9.72 Å². The highest BCUT2D eigenvalue weighted by Gasteiger charge is 2.34. The summed E-state index contributed by atoms with van der Waals surface area (Å²) in [4.78, 5) is 37.3. The quantitative estimate of drug-likeness (QED) is 0.243. The lowest BCUT2D eigenvalue weighted by atomic mass is 10.00. The van der Waals surface area contributed by atoms with Crippen LogP contribution in [0.2, 0.25) is 0 Å². The van der Waals surface area contributed by atoms with E-state index in [0.717, 1.165) is 61.2 Å². The molecule has 2 aromatic heterocycles. The van der Waals surface area contributed by atoms with Crippen LogP contribution in [0.25, 0.3) is 11.3 Å². The number of aromatic nitrogens is 4. The number of anilines is 2. The van der Waals surface area contributed by atoms with Gasteiger partial charge in [0.2, 0.25) is 11.8 Å². The number of nitrogens with one attached hydrogen (secondary N) is 1. The number of carbonyl (C=O) groups is 1. The van der Waals surface area contributed by atoms with Gasteiger partial charge in [-0.2, -0.15) is 4.98 Å². The van der Waals surface area contributed by atoms with Crippen LogP contribution in [0, 0.1) is 25.7 Å². The Labute approximate surface area is 288 Å². The minimum Gasteiger partial charge on any atom is -0.475 e. The molecule has 2 aromatic carbocycles. The molecule has 12 heteroatoms. The van der Waals surface area contributed by atoms with Crippen molar-refractivity contribution >= 4 is 27.7 Å². The molecule has 11 nitrogen and oxygen atoms in total. The van der Waals surface area contributed by atoms with Gasteiger partial charge in [-0.05, 0) is 74.3 Å². The molecule has 1 amide bonds. The molecule has 1 aliphatic carbocycles. The van der Waals surface area contributed by atoms with Gasteiger partial charge in [0.1, 0.15) is 12.4 Å². The smallest absolute Gasteiger partial charge is 0.264 e. The molecule has 49 heavy (non-hydrogen) atoms. The van der Waals surface area contributed by atoms with Crippen LogP contribution in [0.4, 0.5) is 11.8 Å². The van der Waals surface area contributed by atoms with Crippen molar-refractivity contribution in [2.45, 2.75) is 83.3 Å². The van der Waals surface area contributed by atoms with Crippen LogP contribution in [0.5, 0.6) is 5.88 Å². The molecule has 1 saturated carbocycles. The van der Waals surface area contributed by atoms with Crippen molar-refractivity contribution in [2.75, 3.05) is 22.8 Å². The summed E-state index contributed by atoms with van der Waals surface area (Å²) >= 11 is 0. The highest BCUT2D eigenvalue weighted by Crippen LogP contribution is 2.36. The molecule has 0 radical (unpaired) electrons. The lowest BCUT2D eigenvalue weighted by Gasteiger charge is -2.32. The number of sulfonamides is 1. The second kappa shape index (κ2) is 13.4. The van der Waals surface area contributed by atoms with Gasteiger partial charge in [-0.15, -0.1) is 0 Å². The average Bonchev–Trinajstić information content (AvgIpc) is 3.75. The van der Waals surface area contributed by atoms with Crippen LogP contribution in [-0.2, 0) is 16.6 Å². The van der Waals surface area contributed by atoms with Gasteiger partial charge in [0.15, 0.2) is 0 Å². The van der Waals surface area contributed by atoms with Gasteiger partial charge in [-0.25, -0.2) is 23.1 Å². The molecule has 4 bridgehead atoms. The third kappa shape index (κ3) is 7.10. The summed E-state index contributed by atoms with van der Waals surface area (Å²) in [6.07, 6.45) is 8.64. The van der Waals surface area contributed by atoms with E-state index in [2.05, 4.69) is 38.4 Å². The fraction of sp³-hybridized carbons (Fsp3) is 0.432. The van der Waals surface area contributed by atoms with E-state index in [1.54, 1.807) is 35.5 Å². The number of benzene rings is 2. The molecule has 1 N–H and O–H groups in total. The normalized spacial score (nSPS) is 20.6. The minimum atomic E-state index is -4.16. The maximum atomic E-state index is 14.5. The Morgan fingerprint density at radius 1 is 0.980 bits per heavy atom. The van der Waals surface area contributed by atoms with Crippen molar-refractivity contribution in [3.8, 4) is 17.1 Å². The Kier molecular flexibility index (Phi) is 8.99. The highest BCUT2D eigenvalue weighted by atomic mass is 32.2. The van der Waals surface area contributed by atoms with E-state index in [1.807, 2.05) is 32.0 Å². The predicted molar refractivity (Wildman–Crippen MR) is 188 cm³/mol. The zero-order valence-corrected chi connectivity index (χ0v) is 29.3. The lowest BCUT2D eigenvalue weighted by Crippen LogP contribution is -2.44. The molecule has 3 aliphatic rings. The van der Waals surface area contributed by atoms with Gasteiger partial charge >= 0.3 is 0 Å². The van der Waals surface area contributed by atoms with E-state index >= 15 is 0 Å². The first-order valence-electron chi connectivity index (χ1n) is 17.2. The predicted octanol–water partition coefficient (Wildman–Crippen LogP) is 6.18. The molecule has 256 valence electrons. The van der Waals surface area contributed by atoms with Crippen molar-refractivity contribution < 1.29 is 17.9 Å². The zero-order valence-electron chi connectivity index (χ0n) is 28.5. The molecule has 2 atom stereocenters. The van der Waals surface area contributed by atoms with E-state index < -0.39 is 10.0 Å². The maximum Gasteiger partial charge on any atom is 0.264 e. The van der Waals surface area contributed by atoms with Gasteiger partial charge < -0.3 is 14.5 Å². The Bertz CT molecular complexity index is 1960. The van der Waals surface area contributed by atoms with Crippen molar-refractivity contribution in [3.05, 3.63) is 83.3 Å². The Balaban J connectivity index is 1.30. The van der Waals surface area contributed by atoms with Gasteiger partial charge in [0.05, 0.1) is 41.3 Å². The first kappa shape index (κ1) is 32.9. The molecular weight excluding hydrogens is 639 g/mol. The van der Waals surface area contributed by atoms with E-state index in [9.17, 15) is 13.2 Å². The Morgan fingerprint density at radius 3 is 2.51 bits per heavy atom. The molecule has 2 fully saturated rings. The van der Waals surface area contributed by atoms with Gasteiger partial charge in [0.25, 0.3) is 15.9 Å². The van der Waals surface area contributed by atoms with Crippen molar-refractivity contribution in [1.29, 1.82) is 0 Å². The van der Waals surface area contributed by atoms with Crippen LogP contribution in [0.3, 0.4) is 0 Å². The molecule has 1 saturated heterocycles. The number of hydrogen-bond donors (Lipinski definition) is 1. The van der Waals surface area contributed by atoms with Crippen LogP contribution < -0.4 is 14.4 Å². The molecule has 2 aliphatic heterocycles. The summed E-state index contributed by atoms with van der Waals surface area (Å²) in [5.41, 5.74) is 4.33. The number of ether oxygens (including phenoxy) is 1. The first-order valence-corrected chi connectivity index (χ1v) is 18.6. The summed E-state index contributed by atoms with van der Waals surface area (Å²) in [6.45, 7) is 9.71. The number of fused-ring (bicyclic) bond motifs is 4. The largest absolute Gasteiger partial charge is 0.475 e. The number of amides is 1. The highest BCUT2D eigenvalue weighted by molar-refractivity contribution is 7.92. The second-order valence-electron chi connectivity index (χ2n) is 13.9. The lowest BCUT2D eigenvalue weighted by molar-refractivity contribution is 0.0561. The number of nitrogens with zero attached hydrogens (tertiary/aromatic N) is 6. The fourth-order valence-electron chi connectivity index (χ4n) is 7.16. The zero-order chi connectivity index (χ0) is 34.3. The summed E-state index contributed by atoms with van der Waals surface area (Å²) in [5, 5.41) is 0. The van der Waals surface area contributed by atoms with Crippen molar-refractivity contribution in [3.63, 3.8) is 0 Å². The second-order valence-corrected chi connectivity index (χ2v) is 15.6. The van der Waals surface area contributed by atoms with Gasteiger partial charge in [-0.3, -0.25) is 9.78 Å². The Hall–Kier alpha value is -4.58. The topological polar surface area (TPSA) is 131 Å².